The quantitative estimate of drug-likeness (QED) is 0.600. The Morgan fingerprint density at radius 2 is 1.66 bits per heavy atom. The van der Waals surface area contributed by atoms with Crippen LogP contribution in [0.4, 0.5) is 32.0 Å². The van der Waals surface area contributed by atoms with Gasteiger partial charge in [-0.1, -0.05) is 0 Å². The van der Waals surface area contributed by atoms with Crippen molar-refractivity contribution in [2.24, 2.45) is 5.41 Å². The molecule has 0 saturated carbocycles. The number of likely N-dealkylation sites (tertiary alicyclic amines) is 1. The number of carbonyl (C=O) groups is 3. The molecular weight excluding hydrogens is 408 g/mol. The highest BCUT2D eigenvalue weighted by molar-refractivity contribution is 6.21. The summed E-state index contributed by atoms with van der Waals surface area (Å²) in [4.78, 5) is 37.6. The highest BCUT2D eigenvalue weighted by Crippen LogP contribution is 2.55. The topological polar surface area (TPSA) is 69.7 Å². The van der Waals surface area contributed by atoms with Crippen LogP contribution in [0.5, 0.6) is 0 Å². The molecule has 1 N–H and O–H groups in total. The first-order valence-corrected chi connectivity index (χ1v) is 8.39. The van der Waals surface area contributed by atoms with Gasteiger partial charge in [0.05, 0.1) is 17.7 Å². The van der Waals surface area contributed by atoms with Crippen LogP contribution in [0.25, 0.3) is 0 Å². The smallest absolute Gasteiger partial charge is 0.325 e. The molecule has 1 fully saturated rings. The molecule has 3 rings (SSSR count). The summed E-state index contributed by atoms with van der Waals surface area (Å²) in [5.74, 6) is -1.94. The molecule has 6 nitrogen and oxygen atoms in total. The number of halogens is 6. The lowest BCUT2D eigenvalue weighted by atomic mass is 9.85. The molecule has 0 atom stereocenters. The third-order valence-electron chi connectivity index (χ3n) is 5.17. The second kappa shape index (κ2) is 6.71. The van der Waals surface area contributed by atoms with Crippen molar-refractivity contribution in [3.05, 3.63) is 29.3 Å². The second-order valence-electron chi connectivity index (χ2n) is 7.02. The minimum absolute atomic E-state index is 0.0460. The third-order valence-corrected chi connectivity index (χ3v) is 5.17. The summed E-state index contributed by atoms with van der Waals surface area (Å²) in [6.45, 7) is -2.60. The number of imide groups is 1. The first-order valence-electron chi connectivity index (χ1n) is 8.39. The van der Waals surface area contributed by atoms with E-state index >= 15 is 0 Å². The number of nitrogens with one attached hydrogen (secondary N) is 1. The fourth-order valence-corrected chi connectivity index (χ4v) is 3.49. The Labute approximate surface area is 160 Å². The predicted molar refractivity (Wildman–Crippen MR) is 87.1 cm³/mol. The lowest BCUT2D eigenvalue weighted by molar-refractivity contribution is -0.335. The van der Waals surface area contributed by atoms with E-state index in [-0.39, 0.29) is 16.8 Å². The molecule has 0 spiro atoms. The van der Waals surface area contributed by atoms with E-state index in [1.165, 1.54) is 25.2 Å². The van der Waals surface area contributed by atoms with E-state index in [0.29, 0.717) is 0 Å². The molecule has 0 aliphatic carbocycles. The minimum atomic E-state index is -5.49. The lowest BCUT2D eigenvalue weighted by Gasteiger charge is -2.33. The number of hydrogen-bond acceptors (Lipinski definition) is 4. The van der Waals surface area contributed by atoms with Crippen LogP contribution < -0.4 is 5.32 Å². The summed E-state index contributed by atoms with van der Waals surface area (Å²) >= 11 is 0. The van der Waals surface area contributed by atoms with Crippen molar-refractivity contribution in [1.82, 2.24) is 9.80 Å². The maximum Gasteiger partial charge on any atom is 0.404 e. The fraction of sp³-hybridized carbons (Fsp3) is 0.471. The maximum atomic E-state index is 13.1. The number of amides is 3. The number of anilines is 1. The monoisotopic (exact) mass is 423 g/mol. The SMILES string of the molecule is CN1C(=O)c2ccc(NC(=O)CN3CCC(C(F)(F)F)(C(F)(F)F)C3)cc2C1=O. The summed E-state index contributed by atoms with van der Waals surface area (Å²) in [6.07, 6.45) is -12.2. The molecule has 0 aromatic heterocycles. The molecule has 2 heterocycles. The average Bonchev–Trinajstić information content (AvgIpc) is 3.12. The van der Waals surface area contributed by atoms with E-state index in [1.807, 2.05) is 0 Å². The zero-order valence-corrected chi connectivity index (χ0v) is 14.9. The molecule has 1 saturated heterocycles. The Morgan fingerprint density at radius 3 is 2.21 bits per heavy atom. The first-order chi connectivity index (χ1) is 13.3. The number of rotatable bonds is 3. The Balaban J connectivity index is 1.69. The highest BCUT2D eigenvalue weighted by Gasteiger charge is 2.72. The fourth-order valence-electron chi connectivity index (χ4n) is 3.49. The first kappa shape index (κ1) is 21.1. The number of alkyl halides is 6. The van der Waals surface area contributed by atoms with Crippen LogP contribution in [0, 0.1) is 5.41 Å². The summed E-state index contributed by atoms with van der Waals surface area (Å²) in [7, 11) is 1.28. The Kier molecular flexibility index (Phi) is 4.88. The van der Waals surface area contributed by atoms with Gasteiger partial charge in [-0.15, -0.1) is 0 Å². The van der Waals surface area contributed by atoms with E-state index in [0.717, 1.165) is 9.80 Å². The molecule has 1 aromatic rings. The zero-order chi connectivity index (χ0) is 21.8. The Hall–Kier alpha value is -2.63. The highest BCUT2D eigenvalue weighted by atomic mass is 19.4. The van der Waals surface area contributed by atoms with Crippen LogP contribution in [-0.2, 0) is 4.79 Å². The van der Waals surface area contributed by atoms with E-state index in [1.54, 1.807) is 0 Å². The molecule has 1 aromatic carbocycles. The van der Waals surface area contributed by atoms with Crippen molar-refractivity contribution in [3.63, 3.8) is 0 Å². The molecule has 2 aliphatic heterocycles. The molecule has 29 heavy (non-hydrogen) atoms. The van der Waals surface area contributed by atoms with Crippen LogP contribution in [0.15, 0.2) is 18.2 Å². The summed E-state index contributed by atoms with van der Waals surface area (Å²) < 4.78 is 78.5. The van der Waals surface area contributed by atoms with Crippen LogP contribution >= 0.6 is 0 Å². The van der Waals surface area contributed by atoms with Gasteiger partial charge in [-0.3, -0.25) is 24.2 Å². The van der Waals surface area contributed by atoms with Crippen LogP contribution in [-0.4, -0.2) is 66.6 Å². The summed E-state index contributed by atoms with van der Waals surface area (Å²) in [5.41, 5.74) is -3.59. The second-order valence-corrected chi connectivity index (χ2v) is 7.02. The van der Waals surface area contributed by atoms with Gasteiger partial charge in [0.15, 0.2) is 5.41 Å². The van der Waals surface area contributed by atoms with E-state index in [4.69, 9.17) is 0 Å². The lowest BCUT2D eigenvalue weighted by Crippen LogP contribution is -2.52. The van der Waals surface area contributed by atoms with Crippen LogP contribution in [0.1, 0.15) is 27.1 Å². The van der Waals surface area contributed by atoms with Crippen molar-refractivity contribution in [1.29, 1.82) is 0 Å². The normalized spacial score (nSPS) is 19.6. The van der Waals surface area contributed by atoms with Gasteiger partial charge in [-0.2, -0.15) is 26.3 Å². The minimum Gasteiger partial charge on any atom is -0.325 e. The van der Waals surface area contributed by atoms with Crippen LogP contribution in [0.3, 0.4) is 0 Å². The van der Waals surface area contributed by atoms with E-state index in [2.05, 4.69) is 5.32 Å². The van der Waals surface area contributed by atoms with E-state index in [9.17, 15) is 40.7 Å². The van der Waals surface area contributed by atoms with Crippen molar-refractivity contribution in [3.8, 4) is 0 Å². The average molecular weight is 423 g/mol. The molecule has 0 radical (unpaired) electrons. The van der Waals surface area contributed by atoms with Crippen molar-refractivity contribution in [2.45, 2.75) is 18.8 Å². The molecule has 12 heteroatoms. The molecule has 0 bridgehead atoms. The standard InChI is InChI=1S/C17H15F6N3O3/c1-25-13(28)10-3-2-9(6-11(10)14(25)29)24-12(27)7-26-5-4-15(8-26,16(18,19)20)17(21,22)23/h2-3,6H,4-5,7-8H2,1H3,(H,24,27). The number of hydrogen-bond donors (Lipinski definition) is 1. The molecule has 0 unspecified atom stereocenters. The number of benzene rings is 1. The van der Waals surface area contributed by atoms with Gasteiger partial charge in [-0.25, -0.2) is 0 Å². The van der Waals surface area contributed by atoms with Crippen molar-refractivity contribution < 1.29 is 40.7 Å². The Morgan fingerprint density at radius 1 is 1.07 bits per heavy atom. The largest absolute Gasteiger partial charge is 0.404 e. The molecule has 3 amide bonds. The third kappa shape index (κ3) is 3.45. The zero-order valence-electron chi connectivity index (χ0n) is 14.9. The van der Waals surface area contributed by atoms with Crippen molar-refractivity contribution in [2.75, 3.05) is 32.0 Å². The van der Waals surface area contributed by atoms with Gasteiger partial charge >= 0.3 is 12.4 Å². The predicted octanol–water partition coefficient (Wildman–Crippen LogP) is 2.67. The Bertz CT molecular complexity index is 866. The maximum absolute atomic E-state index is 13.1. The van der Waals surface area contributed by atoms with Gasteiger partial charge < -0.3 is 5.32 Å². The number of fused-ring (bicyclic) bond motifs is 1. The van der Waals surface area contributed by atoms with Gasteiger partial charge in [0.1, 0.15) is 0 Å². The summed E-state index contributed by atoms with van der Waals surface area (Å²) in [6, 6.07) is 3.86. The molecule has 158 valence electrons. The van der Waals surface area contributed by atoms with E-state index < -0.39 is 61.5 Å². The van der Waals surface area contributed by atoms with Crippen molar-refractivity contribution >= 4 is 23.4 Å². The van der Waals surface area contributed by atoms with Gasteiger partial charge in [0.2, 0.25) is 5.91 Å². The van der Waals surface area contributed by atoms with Crippen LogP contribution in [0.2, 0.25) is 0 Å². The van der Waals surface area contributed by atoms with Gasteiger partial charge in [0.25, 0.3) is 11.8 Å². The number of carbonyl (C=O) groups excluding carboxylic acids is 3. The van der Waals surface area contributed by atoms with Gasteiger partial charge in [0, 0.05) is 19.3 Å². The summed E-state index contributed by atoms with van der Waals surface area (Å²) in [5, 5.41) is 2.33. The van der Waals surface area contributed by atoms with Gasteiger partial charge in [-0.05, 0) is 31.2 Å². The molecule has 2 aliphatic rings. The molecular formula is C17H15F6N3O3. The number of nitrogens with zero attached hydrogens (tertiary/aromatic N) is 2.